The molecule has 2 aromatic carbocycles. The van der Waals surface area contributed by atoms with Gasteiger partial charge in [0.25, 0.3) is 5.91 Å². The number of anilines is 2. The normalized spacial score (nSPS) is 13.2. The second-order valence-corrected chi connectivity index (χ2v) is 7.20. The largest absolute Gasteiger partial charge is 0.340 e. The van der Waals surface area contributed by atoms with Gasteiger partial charge in [-0.15, -0.1) is 0 Å². The maximum Gasteiger partial charge on any atom is 0.255 e. The number of fused-ring (bicyclic) bond motifs is 1. The highest BCUT2D eigenvalue weighted by molar-refractivity contribution is 6.30. The van der Waals surface area contributed by atoms with Crippen molar-refractivity contribution in [3.63, 3.8) is 0 Å². The van der Waals surface area contributed by atoms with Gasteiger partial charge in [0, 0.05) is 30.0 Å². The first-order valence-electron chi connectivity index (χ1n) is 8.95. The number of carbonyl (C=O) groups is 1. The lowest BCUT2D eigenvalue weighted by atomic mass is 9.99. The molecule has 0 fully saturated rings. The van der Waals surface area contributed by atoms with E-state index in [-0.39, 0.29) is 5.91 Å². The third kappa shape index (κ3) is 3.81. The van der Waals surface area contributed by atoms with Crippen molar-refractivity contribution < 1.29 is 4.79 Å². The molecule has 27 heavy (non-hydrogen) atoms. The number of pyridine rings is 1. The Labute approximate surface area is 163 Å². The van der Waals surface area contributed by atoms with Gasteiger partial charge in [-0.2, -0.15) is 0 Å². The Morgan fingerprint density at radius 3 is 2.70 bits per heavy atom. The van der Waals surface area contributed by atoms with Crippen LogP contribution in [0.25, 0.3) is 0 Å². The molecule has 0 saturated heterocycles. The Kier molecular flexibility index (Phi) is 4.82. The second-order valence-electron chi connectivity index (χ2n) is 6.76. The fourth-order valence-electron chi connectivity index (χ4n) is 3.31. The summed E-state index contributed by atoms with van der Waals surface area (Å²) in [4.78, 5) is 19.1. The number of hydrogen-bond acceptors (Lipinski definition) is 3. The molecular formula is C22H20ClN3O. The van der Waals surface area contributed by atoms with E-state index in [1.54, 1.807) is 6.20 Å². The molecule has 0 aliphatic carbocycles. The lowest BCUT2D eigenvalue weighted by Crippen LogP contribution is -2.35. The lowest BCUT2D eigenvalue weighted by Gasteiger charge is -2.28. The first kappa shape index (κ1) is 17.6. The molecule has 0 spiro atoms. The summed E-state index contributed by atoms with van der Waals surface area (Å²) in [7, 11) is 0. The molecule has 1 amide bonds. The summed E-state index contributed by atoms with van der Waals surface area (Å²) < 4.78 is 0. The van der Waals surface area contributed by atoms with Crippen LogP contribution in [0.4, 0.5) is 11.5 Å². The van der Waals surface area contributed by atoms with Crippen molar-refractivity contribution in [3.05, 3.63) is 88.1 Å². The van der Waals surface area contributed by atoms with Gasteiger partial charge in [-0.05, 0) is 54.3 Å². The molecule has 2 heterocycles. The first-order chi connectivity index (χ1) is 13.1. The average Bonchev–Trinajstić information content (AvgIpc) is 2.70. The Balaban J connectivity index is 1.47. The maximum absolute atomic E-state index is 12.8. The molecule has 0 radical (unpaired) electrons. The Morgan fingerprint density at radius 2 is 1.93 bits per heavy atom. The van der Waals surface area contributed by atoms with E-state index in [4.69, 9.17) is 11.6 Å². The predicted octanol–water partition coefficient (Wildman–Crippen LogP) is 4.99. The van der Waals surface area contributed by atoms with Gasteiger partial charge < -0.3 is 10.2 Å². The van der Waals surface area contributed by atoms with Crippen LogP contribution in [0, 0.1) is 6.92 Å². The summed E-state index contributed by atoms with van der Waals surface area (Å²) in [5.74, 6) is 0.698. The number of benzene rings is 2. The molecule has 3 aromatic rings. The highest BCUT2D eigenvalue weighted by Crippen LogP contribution is 2.24. The van der Waals surface area contributed by atoms with Crippen molar-refractivity contribution in [2.24, 2.45) is 0 Å². The minimum absolute atomic E-state index is 0.0162. The highest BCUT2D eigenvalue weighted by Gasteiger charge is 2.21. The van der Waals surface area contributed by atoms with Crippen molar-refractivity contribution in [2.45, 2.75) is 19.9 Å². The van der Waals surface area contributed by atoms with Crippen LogP contribution in [0.5, 0.6) is 0 Å². The van der Waals surface area contributed by atoms with Gasteiger partial charge in [0.05, 0.1) is 5.56 Å². The SMILES string of the molecule is Cc1ccc(Cl)cc1Nc1ccc(C(=O)N2CCc3ccccc3C2)cn1. The van der Waals surface area contributed by atoms with Gasteiger partial charge >= 0.3 is 0 Å². The molecule has 1 aromatic heterocycles. The van der Waals surface area contributed by atoms with E-state index in [0.29, 0.717) is 22.9 Å². The zero-order valence-electron chi connectivity index (χ0n) is 15.1. The van der Waals surface area contributed by atoms with Crippen molar-refractivity contribution in [1.82, 2.24) is 9.88 Å². The van der Waals surface area contributed by atoms with Crippen molar-refractivity contribution in [2.75, 3.05) is 11.9 Å². The Morgan fingerprint density at radius 1 is 1.11 bits per heavy atom. The molecule has 0 saturated carbocycles. The van der Waals surface area contributed by atoms with Crippen molar-refractivity contribution >= 4 is 29.0 Å². The van der Waals surface area contributed by atoms with Crippen molar-refractivity contribution in [3.8, 4) is 0 Å². The monoisotopic (exact) mass is 377 g/mol. The van der Waals surface area contributed by atoms with E-state index in [1.807, 2.05) is 54.3 Å². The number of halogens is 1. The van der Waals surface area contributed by atoms with E-state index in [0.717, 1.165) is 24.2 Å². The predicted molar refractivity (Wildman–Crippen MR) is 109 cm³/mol. The molecule has 1 N–H and O–H groups in total. The van der Waals surface area contributed by atoms with Crippen molar-refractivity contribution in [1.29, 1.82) is 0 Å². The zero-order chi connectivity index (χ0) is 18.8. The van der Waals surface area contributed by atoms with Crippen LogP contribution in [0.1, 0.15) is 27.0 Å². The van der Waals surface area contributed by atoms with Gasteiger partial charge in [-0.1, -0.05) is 41.9 Å². The van der Waals surface area contributed by atoms with Crippen LogP contribution in [-0.2, 0) is 13.0 Å². The minimum atomic E-state index is 0.0162. The fourth-order valence-corrected chi connectivity index (χ4v) is 3.48. The van der Waals surface area contributed by atoms with E-state index < -0.39 is 0 Å². The number of hydrogen-bond donors (Lipinski definition) is 1. The van der Waals surface area contributed by atoms with Gasteiger partial charge in [-0.3, -0.25) is 4.79 Å². The maximum atomic E-state index is 12.8. The smallest absolute Gasteiger partial charge is 0.255 e. The summed E-state index contributed by atoms with van der Waals surface area (Å²) in [5, 5.41) is 3.92. The Hall–Kier alpha value is -2.85. The Bertz CT molecular complexity index is 985. The topological polar surface area (TPSA) is 45.2 Å². The molecule has 5 heteroatoms. The van der Waals surface area contributed by atoms with Crippen LogP contribution in [-0.4, -0.2) is 22.3 Å². The molecule has 4 rings (SSSR count). The third-order valence-corrected chi connectivity index (χ3v) is 5.13. The van der Waals surface area contributed by atoms with Gasteiger partial charge in [0.15, 0.2) is 0 Å². The molecule has 1 aliphatic heterocycles. The standard InChI is InChI=1S/C22H20ClN3O/c1-15-6-8-19(23)12-20(15)25-21-9-7-17(13-24-21)22(27)26-11-10-16-4-2-3-5-18(16)14-26/h2-9,12-13H,10-11,14H2,1H3,(H,24,25). The van der Waals surface area contributed by atoms with E-state index >= 15 is 0 Å². The number of amides is 1. The van der Waals surface area contributed by atoms with Crippen LogP contribution in [0.2, 0.25) is 5.02 Å². The molecule has 4 nitrogen and oxygen atoms in total. The summed E-state index contributed by atoms with van der Waals surface area (Å²) in [6.07, 6.45) is 2.52. The number of carbonyl (C=O) groups excluding carboxylic acids is 1. The average molecular weight is 378 g/mol. The van der Waals surface area contributed by atoms with Gasteiger partial charge in [-0.25, -0.2) is 4.98 Å². The quantitative estimate of drug-likeness (QED) is 0.699. The summed E-state index contributed by atoms with van der Waals surface area (Å²) in [6.45, 7) is 3.39. The summed E-state index contributed by atoms with van der Waals surface area (Å²) in [6, 6.07) is 17.6. The second kappa shape index (κ2) is 7.41. The van der Waals surface area contributed by atoms with E-state index in [1.165, 1.54) is 11.1 Å². The molecular weight excluding hydrogens is 358 g/mol. The number of aryl methyl sites for hydroxylation is 1. The molecule has 136 valence electrons. The minimum Gasteiger partial charge on any atom is -0.340 e. The number of rotatable bonds is 3. The summed E-state index contributed by atoms with van der Waals surface area (Å²) >= 11 is 6.06. The van der Waals surface area contributed by atoms with Crippen LogP contribution in [0.3, 0.4) is 0 Å². The molecule has 0 atom stereocenters. The fraction of sp³-hybridized carbons (Fsp3) is 0.182. The van der Waals surface area contributed by atoms with Crippen LogP contribution in [0.15, 0.2) is 60.8 Å². The van der Waals surface area contributed by atoms with Gasteiger partial charge in [0.1, 0.15) is 5.82 Å². The van der Waals surface area contributed by atoms with Crippen LogP contribution < -0.4 is 5.32 Å². The summed E-state index contributed by atoms with van der Waals surface area (Å²) in [5.41, 5.74) is 5.13. The van der Waals surface area contributed by atoms with Gasteiger partial charge in [0.2, 0.25) is 0 Å². The molecule has 0 bridgehead atoms. The highest BCUT2D eigenvalue weighted by atomic mass is 35.5. The van der Waals surface area contributed by atoms with E-state index in [9.17, 15) is 4.79 Å². The number of nitrogens with zero attached hydrogens (tertiary/aromatic N) is 2. The molecule has 1 aliphatic rings. The lowest BCUT2D eigenvalue weighted by molar-refractivity contribution is 0.0734. The number of aromatic nitrogens is 1. The first-order valence-corrected chi connectivity index (χ1v) is 9.33. The number of nitrogens with one attached hydrogen (secondary N) is 1. The van der Waals surface area contributed by atoms with Crippen LogP contribution >= 0.6 is 11.6 Å². The van der Waals surface area contributed by atoms with E-state index in [2.05, 4.69) is 22.4 Å². The zero-order valence-corrected chi connectivity index (χ0v) is 15.8. The molecule has 0 unspecified atom stereocenters. The third-order valence-electron chi connectivity index (χ3n) is 4.89.